The van der Waals surface area contributed by atoms with Crippen LogP contribution in [0, 0.1) is 5.82 Å². The molecule has 0 aliphatic carbocycles. The maximum Gasteiger partial charge on any atom is 0.278 e. The van der Waals surface area contributed by atoms with Gasteiger partial charge in [-0.1, -0.05) is 31.2 Å². The monoisotopic (exact) mass is 408 g/mol. The van der Waals surface area contributed by atoms with Crippen LogP contribution < -0.4 is 4.74 Å². The number of hydrogen-bond acceptors (Lipinski definition) is 4. The highest BCUT2D eigenvalue weighted by Gasteiger charge is 2.42. The van der Waals surface area contributed by atoms with Gasteiger partial charge in [0.1, 0.15) is 17.3 Å². The van der Waals surface area contributed by atoms with Gasteiger partial charge in [-0.05, 0) is 54.7 Å². The summed E-state index contributed by atoms with van der Waals surface area (Å²) in [5, 5.41) is 0. The lowest BCUT2D eigenvalue weighted by molar-refractivity contribution is -0.138. The Kier molecular flexibility index (Phi) is 5.84. The highest BCUT2D eigenvalue weighted by atomic mass is 19.1. The first-order valence-electron chi connectivity index (χ1n) is 10.4. The zero-order chi connectivity index (χ0) is 21.1. The Bertz CT molecular complexity index is 961. The molecule has 0 spiro atoms. The zero-order valence-corrected chi connectivity index (χ0v) is 17.1. The predicted octanol–water partition coefficient (Wildman–Crippen LogP) is 3.99. The van der Waals surface area contributed by atoms with Gasteiger partial charge < -0.3 is 9.64 Å². The van der Waals surface area contributed by atoms with E-state index in [1.807, 2.05) is 36.1 Å². The molecule has 30 heavy (non-hydrogen) atoms. The Morgan fingerprint density at radius 1 is 0.933 bits per heavy atom. The minimum atomic E-state index is -0.347. The Morgan fingerprint density at radius 3 is 2.23 bits per heavy atom. The van der Waals surface area contributed by atoms with E-state index in [1.54, 1.807) is 12.1 Å². The van der Waals surface area contributed by atoms with Crippen LogP contribution in [0.4, 0.5) is 4.39 Å². The normalized spacial score (nSPS) is 16.7. The largest absolute Gasteiger partial charge is 0.494 e. The summed E-state index contributed by atoms with van der Waals surface area (Å²) in [6.07, 6.45) is 2.91. The lowest BCUT2D eigenvalue weighted by atomic mass is 10.0. The SMILES string of the molecule is CCCOc1ccc(C2=C(N3CCCC3)C(=O)N(Cc3ccc(F)cc3)C2=O)cc1. The zero-order valence-electron chi connectivity index (χ0n) is 17.1. The van der Waals surface area contributed by atoms with E-state index >= 15 is 0 Å². The van der Waals surface area contributed by atoms with Crippen molar-refractivity contribution in [2.75, 3.05) is 19.7 Å². The van der Waals surface area contributed by atoms with Crippen LogP contribution in [0.1, 0.15) is 37.3 Å². The van der Waals surface area contributed by atoms with Gasteiger partial charge in [0.15, 0.2) is 0 Å². The second-order valence-electron chi connectivity index (χ2n) is 7.61. The van der Waals surface area contributed by atoms with Crippen LogP contribution >= 0.6 is 0 Å². The first-order chi connectivity index (χ1) is 14.6. The minimum absolute atomic E-state index is 0.122. The van der Waals surface area contributed by atoms with E-state index in [2.05, 4.69) is 0 Å². The molecule has 2 aromatic rings. The summed E-state index contributed by atoms with van der Waals surface area (Å²) in [4.78, 5) is 29.9. The smallest absolute Gasteiger partial charge is 0.278 e. The van der Waals surface area contributed by atoms with Gasteiger partial charge in [0.05, 0.1) is 18.7 Å². The summed E-state index contributed by atoms with van der Waals surface area (Å²) < 4.78 is 18.9. The molecule has 1 saturated heterocycles. The fraction of sp³-hybridized carbons (Fsp3) is 0.333. The summed E-state index contributed by atoms with van der Waals surface area (Å²) in [6, 6.07) is 13.2. The summed E-state index contributed by atoms with van der Waals surface area (Å²) >= 11 is 0. The third-order valence-electron chi connectivity index (χ3n) is 5.44. The number of carbonyl (C=O) groups is 2. The summed E-state index contributed by atoms with van der Waals surface area (Å²) in [6.45, 7) is 4.32. The average molecular weight is 408 g/mol. The van der Waals surface area contributed by atoms with Gasteiger partial charge in [-0.25, -0.2) is 4.39 Å². The third-order valence-corrected chi connectivity index (χ3v) is 5.44. The molecule has 2 heterocycles. The molecule has 0 unspecified atom stereocenters. The van der Waals surface area contributed by atoms with E-state index in [0.717, 1.165) is 38.1 Å². The van der Waals surface area contributed by atoms with Crippen molar-refractivity contribution in [2.45, 2.75) is 32.7 Å². The number of benzene rings is 2. The quantitative estimate of drug-likeness (QED) is 0.650. The number of amides is 2. The van der Waals surface area contributed by atoms with Crippen molar-refractivity contribution in [1.82, 2.24) is 9.80 Å². The molecular formula is C24H25FN2O3. The molecule has 2 aliphatic rings. The number of likely N-dealkylation sites (tertiary alicyclic amines) is 1. The molecule has 0 aromatic heterocycles. The molecule has 2 aromatic carbocycles. The van der Waals surface area contributed by atoms with Crippen LogP contribution in [0.25, 0.3) is 5.57 Å². The van der Waals surface area contributed by atoms with Crippen LogP contribution in [-0.4, -0.2) is 41.3 Å². The Morgan fingerprint density at radius 2 is 1.60 bits per heavy atom. The van der Waals surface area contributed by atoms with Gasteiger partial charge in [-0.2, -0.15) is 0 Å². The van der Waals surface area contributed by atoms with Gasteiger partial charge >= 0.3 is 0 Å². The van der Waals surface area contributed by atoms with E-state index in [1.165, 1.54) is 17.0 Å². The number of ether oxygens (including phenoxy) is 1. The van der Waals surface area contributed by atoms with Crippen molar-refractivity contribution in [2.24, 2.45) is 0 Å². The molecule has 6 heteroatoms. The van der Waals surface area contributed by atoms with Crippen LogP contribution in [0.5, 0.6) is 5.75 Å². The van der Waals surface area contributed by atoms with Gasteiger partial charge in [0.25, 0.3) is 11.8 Å². The standard InChI is InChI=1S/C24H25FN2O3/c1-2-15-30-20-11-7-18(8-12-20)21-22(26-13-3-4-14-26)24(29)27(23(21)28)16-17-5-9-19(25)10-6-17/h5-12H,2-4,13-16H2,1H3. The van der Waals surface area contributed by atoms with Crippen LogP contribution in [-0.2, 0) is 16.1 Å². The number of carbonyl (C=O) groups excluding carboxylic acids is 2. The Balaban J connectivity index is 1.66. The number of rotatable bonds is 7. The fourth-order valence-corrected chi connectivity index (χ4v) is 3.91. The number of halogens is 1. The molecule has 0 atom stereocenters. The molecular weight excluding hydrogens is 383 g/mol. The van der Waals surface area contributed by atoms with E-state index < -0.39 is 0 Å². The van der Waals surface area contributed by atoms with Gasteiger partial charge in [-0.15, -0.1) is 0 Å². The van der Waals surface area contributed by atoms with Crippen molar-refractivity contribution in [3.05, 3.63) is 71.2 Å². The van der Waals surface area contributed by atoms with Crippen molar-refractivity contribution >= 4 is 17.4 Å². The third kappa shape index (κ3) is 3.95. The molecule has 0 bridgehead atoms. The van der Waals surface area contributed by atoms with Gasteiger partial charge in [0, 0.05) is 13.1 Å². The number of nitrogens with zero attached hydrogens (tertiary/aromatic N) is 2. The molecule has 2 amide bonds. The van der Waals surface area contributed by atoms with Crippen molar-refractivity contribution in [3.63, 3.8) is 0 Å². The maximum absolute atomic E-state index is 13.3. The molecule has 0 saturated carbocycles. The lowest BCUT2D eigenvalue weighted by Crippen LogP contribution is -2.34. The first-order valence-corrected chi connectivity index (χ1v) is 10.4. The van der Waals surface area contributed by atoms with Crippen molar-refractivity contribution in [3.8, 4) is 5.75 Å². The second-order valence-corrected chi connectivity index (χ2v) is 7.61. The molecule has 0 radical (unpaired) electrons. The summed E-state index contributed by atoms with van der Waals surface area (Å²) in [7, 11) is 0. The molecule has 156 valence electrons. The average Bonchev–Trinajstić information content (AvgIpc) is 3.36. The van der Waals surface area contributed by atoms with E-state index in [4.69, 9.17) is 4.74 Å². The minimum Gasteiger partial charge on any atom is -0.494 e. The fourth-order valence-electron chi connectivity index (χ4n) is 3.91. The summed E-state index contributed by atoms with van der Waals surface area (Å²) in [5.74, 6) is -0.204. The topological polar surface area (TPSA) is 49.9 Å². The van der Waals surface area contributed by atoms with E-state index in [0.29, 0.717) is 29.0 Å². The summed E-state index contributed by atoms with van der Waals surface area (Å²) in [5.41, 5.74) is 2.33. The second kappa shape index (κ2) is 8.69. The Hall–Kier alpha value is -3.15. The molecule has 4 rings (SSSR count). The number of imide groups is 1. The number of hydrogen-bond donors (Lipinski definition) is 0. The van der Waals surface area contributed by atoms with Gasteiger partial charge in [-0.3, -0.25) is 14.5 Å². The van der Waals surface area contributed by atoms with Crippen LogP contribution in [0.3, 0.4) is 0 Å². The first kappa shape index (κ1) is 20.1. The lowest BCUT2D eigenvalue weighted by Gasteiger charge is -2.20. The predicted molar refractivity (Wildman–Crippen MR) is 112 cm³/mol. The van der Waals surface area contributed by atoms with Crippen LogP contribution in [0.15, 0.2) is 54.2 Å². The highest BCUT2D eigenvalue weighted by Crippen LogP contribution is 2.34. The molecule has 1 fully saturated rings. The molecule has 5 nitrogen and oxygen atoms in total. The van der Waals surface area contributed by atoms with Crippen LogP contribution in [0.2, 0.25) is 0 Å². The van der Waals surface area contributed by atoms with Gasteiger partial charge in [0.2, 0.25) is 0 Å². The Labute approximate surface area is 175 Å². The van der Waals surface area contributed by atoms with E-state index in [-0.39, 0.29) is 24.2 Å². The maximum atomic E-state index is 13.3. The molecule has 2 aliphatic heterocycles. The van der Waals surface area contributed by atoms with E-state index in [9.17, 15) is 14.0 Å². The van der Waals surface area contributed by atoms with Crippen molar-refractivity contribution in [1.29, 1.82) is 0 Å². The van der Waals surface area contributed by atoms with Crippen molar-refractivity contribution < 1.29 is 18.7 Å². The molecule has 0 N–H and O–H groups in total. The highest BCUT2D eigenvalue weighted by molar-refractivity contribution is 6.35.